The summed E-state index contributed by atoms with van der Waals surface area (Å²) in [6.45, 7) is 1.74. The molecule has 150 valence electrons. The second-order valence-corrected chi connectivity index (χ2v) is 7.94. The van der Waals surface area contributed by atoms with Crippen molar-refractivity contribution in [2.45, 2.75) is 50.0 Å². The van der Waals surface area contributed by atoms with Crippen LogP contribution in [0.25, 0.3) is 0 Å². The summed E-state index contributed by atoms with van der Waals surface area (Å²) in [7, 11) is 0. The predicted octanol–water partition coefficient (Wildman–Crippen LogP) is 3.31. The maximum absolute atomic E-state index is 13.3. The average molecular weight is 403 g/mol. The normalized spacial score (nSPS) is 33.0. The third-order valence-electron chi connectivity index (χ3n) is 6.36. The first-order valence-electron chi connectivity index (χ1n) is 9.14. The van der Waals surface area contributed by atoms with Gasteiger partial charge < -0.3 is 4.74 Å². The molecule has 0 spiro atoms. The first-order chi connectivity index (χ1) is 13.6. The van der Waals surface area contributed by atoms with Gasteiger partial charge in [-0.3, -0.25) is 9.59 Å². The molecule has 4 atom stereocenters. The minimum atomic E-state index is -4.80. The Morgan fingerprint density at radius 1 is 1.21 bits per heavy atom. The predicted molar refractivity (Wildman–Crippen MR) is 91.9 cm³/mol. The zero-order valence-corrected chi connectivity index (χ0v) is 15.4. The summed E-state index contributed by atoms with van der Waals surface area (Å²) in [6.07, 6.45) is -3.32. The zero-order chi connectivity index (χ0) is 21.2. The fourth-order valence-electron chi connectivity index (χ4n) is 5.14. The third-order valence-corrected chi connectivity index (χ3v) is 6.36. The number of fused-ring (bicyclic) bond motifs is 5. The largest absolute Gasteiger partial charge is 0.417 e. The van der Waals surface area contributed by atoms with Crippen LogP contribution in [0.1, 0.15) is 43.7 Å². The standard InChI is InChI=1S/C20H16F3N3O3/c1-18-6-7-19(29-18,5-2-8-24)15-14(18)16(27)26(17(15)28)12-4-3-11(10-25)13(9-12)20(21,22)23/h3-4,9,14-15H,2,5-7H2,1H3/t14-,15?,18-,19+/m1/s1. The molecule has 0 saturated carbocycles. The summed E-state index contributed by atoms with van der Waals surface area (Å²) in [5, 5.41) is 17.9. The number of alkyl halides is 3. The molecule has 2 amide bonds. The van der Waals surface area contributed by atoms with Crippen molar-refractivity contribution in [3.63, 3.8) is 0 Å². The lowest BCUT2D eigenvalue weighted by molar-refractivity contribution is -0.138. The number of hydrogen-bond acceptors (Lipinski definition) is 5. The van der Waals surface area contributed by atoms with E-state index in [-0.39, 0.29) is 18.5 Å². The molecule has 2 bridgehead atoms. The van der Waals surface area contributed by atoms with E-state index in [1.54, 1.807) is 6.92 Å². The summed E-state index contributed by atoms with van der Waals surface area (Å²) in [6, 6.07) is 6.32. The van der Waals surface area contributed by atoms with Crippen molar-refractivity contribution in [1.82, 2.24) is 0 Å². The Labute approximate surface area is 164 Å². The van der Waals surface area contributed by atoms with Gasteiger partial charge in [0.15, 0.2) is 0 Å². The van der Waals surface area contributed by atoms with Crippen LogP contribution >= 0.6 is 0 Å². The molecule has 3 aliphatic rings. The van der Waals surface area contributed by atoms with Crippen LogP contribution in [0.3, 0.4) is 0 Å². The van der Waals surface area contributed by atoms with E-state index in [0.29, 0.717) is 18.9 Å². The van der Waals surface area contributed by atoms with Gasteiger partial charge in [-0.2, -0.15) is 23.7 Å². The Morgan fingerprint density at radius 3 is 2.52 bits per heavy atom. The molecule has 3 aliphatic heterocycles. The first-order valence-corrected chi connectivity index (χ1v) is 9.14. The average Bonchev–Trinajstić information content (AvgIpc) is 3.24. The van der Waals surface area contributed by atoms with Gasteiger partial charge >= 0.3 is 6.18 Å². The molecule has 0 aromatic heterocycles. The van der Waals surface area contributed by atoms with Crippen LogP contribution in [0, 0.1) is 34.5 Å². The molecule has 0 aliphatic carbocycles. The summed E-state index contributed by atoms with van der Waals surface area (Å²) >= 11 is 0. The van der Waals surface area contributed by atoms with Crippen molar-refractivity contribution < 1.29 is 27.5 Å². The lowest BCUT2D eigenvalue weighted by Gasteiger charge is -2.30. The van der Waals surface area contributed by atoms with Gasteiger partial charge in [0.05, 0.1) is 52.0 Å². The second kappa shape index (κ2) is 6.04. The zero-order valence-electron chi connectivity index (χ0n) is 15.4. The number of carbonyl (C=O) groups excluding carboxylic acids is 2. The summed E-state index contributed by atoms with van der Waals surface area (Å²) in [5.41, 5.74) is -3.82. The lowest BCUT2D eigenvalue weighted by Crippen LogP contribution is -2.42. The van der Waals surface area contributed by atoms with Gasteiger partial charge in [0.1, 0.15) is 0 Å². The minimum absolute atomic E-state index is 0.149. The lowest BCUT2D eigenvalue weighted by atomic mass is 9.67. The number of ether oxygens (including phenoxy) is 1. The van der Waals surface area contributed by atoms with E-state index in [1.165, 1.54) is 12.1 Å². The minimum Gasteiger partial charge on any atom is -0.367 e. The highest BCUT2D eigenvalue weighted by atomic mass is 19.4. The van der Waals surface area contributed by atoms with E-state index in [1.807, 2.05) is 6.07 Å². The smallest absolute Gasteiger partial charge is 0.367 e. The number of imide groups is 1. The monoisotopic (exact) mass is 403 g/mol. The molecule has 1 unspecified atom stereocenters. The van der Waals surface area contributed by atoms with Gasteiger partial charge in [-0.1, -0.05) is 0 Å². The Morgan fingerprint density at radius 2 is 1.90 bits per heavy atom. The molecule has 6 nitrogen and oxygen atoms in total. The van der Waals surface area contributed by atoms with Crippen LogP contribution in [-0.4, -0.2) is 23.0 Å². The highest BCUT2D eigenvalue weighted by Crippen LogP contribution is 2.62. The fraction of sp³-hybridized carbons (Fsp3) is 0.500. The van der Waals surface area contributed by atoms with E-state index < -0.39 is 52.2 Å². The van der Waals surface area contributed by atoms with Crippen LogP contribution in [-0.2, 0) is 20.5 Å². The van der Waals surface area contributed by atoms with Gasteiger partial charge in [0, 0.05) is 6.42 Å². The maximum atomic E-state index is 13.3. The Bertz CT molecular complexity index is 1010. The van der Waals surface area contributed by atoms with E-state index in [9.17, 15) is 22.8 Å². The number of carbonyl (C=O) groups is 2. The second-order valence-electron chi connectivity index (χ2n) is 7.94. The number of nitrogens with zero attached hydrogens (tertiary/aromatic N) is 3. The SMILES string of the molecule is C[C@]12CC[C@](CCC#N)(O1)C1C(=O)N(c3ccc(C#N)c(C(F)(F)F)c3)C(=O)[C@@H]12. The highest BCUT2D eigenvalue weighted by molar-refractivity contribution is 6.23. The van der Waals surface area contributed by atoms with Crippen LogP contribution in [0.2, 0.25) is 0 Å². The van der Waals surface area contributed by atoms with Crippen molar-refractivity contribution >= 4 is 17.5 Å². The van der Waals surface area contributed by atoms with Gasteiger partial charge in [-0.15, -0.1) is 0 Å². The number of benzene rings is 1. The van der Waals surface area contributed by atoms with Gasteiger partial charge in [0.2, 0.25) is 11.8 Å². The van der Waals surface area contributed by atoms with Crippen LogP contribution in [0.5, 0.6) is 0 Å². The number of amides is 2. The third kappa shape index (κ3) is 2.57. The van der Waals surface area contributed by atoms with Crippen molar-refractivity contribution in [1.29, 1.82) is 10.5 Å². The molecule has 3 saturated heterocycles. The van der Waals surface area contributed by atoms with Gasteiger partial charge in [0.25, 0.3) is 0 Å². The molecule has 29 heavy (non-hydrogen) atoms. The molecule has 1 aromatic rings. The number of halogens is 3. The molecular weight excluding hydrogens is 387 g/mol. The molecule has 0 N–H and O–H groups in total. The number of hydrogen-bond donors (Lipinski definition) is 0. The Kier molecular flexibility index (Phi) is 4.04. The maximum Gasteiger partial charge on any atom is 0.417 e. The molecule has 3 fully saturated rings. The summed E-state index contributed by atoms with van der Waals surface area (Å²) in [4.78, 5) is 27.1. The summed E-state index contributed by atoms with van der Waals surface area (Å²) in [5.74, 6) is -2.84. The van der Waals surface area contributed by atoms with E-state index in [4.69, 9.17) is 15.3 Å². The fourth-order valence-corrected chi connectivity index (χ4v) is 5.14. The summed E-state index contributed by atoms with van der Waals surface area (Å²) < 4.78 is 46.1. The Hall–Kier alpha value is -2.91. The molecule has 0 radical (unpaired) electrons. The van der Waals surface area contributed by atoms with Gasteiger partial charge in [-0.25, -0.2) is 4.90 Å². The van der Waals surface area contributed by atoms with Crippen LogP contribution < -0.4 is 4.90 Å². The first kappa shape index (κ1) is 19.4. The highest BCUT2D eigenvalue weighted by Gasteiger charge is 2.73. The molecule has 9 heteroatoms. The van der Waals surface area contributed by atoms with Crippen molar-refractivity contribution in [3.8, 4) is 12.1 Å². The topological polar surface area (TPSA) is 94.2 Å². The van der Waals surface area contributed by atoms with E-state index >= 15 is 0 Å². The molecule has 3 heterocycles. The Balaban J connectivity index is 1.78. The number of rotatable bonds is 3. The van der Waals surface area contributed by atoms with Crippen molar-refractivity contribution in [3.05, 3.63) is 29.3 Å². The number of nitriles is 2. The van der Waals surface area contributed by atoms with Crippen molar-refractivity contribution in [2.75, 3.05) is 4.90 Å². The molecule has 1 aromatic carbocycles. The number of anilines is 1. The van der Waals surface area contributed by atoms with Crippen LogP contribution in [0.4, 0.5) is 18.9 Å². The van der Waals surface area contributed by atoms with Crippen LogP contribution in [0.15, 0.2) is 18.2 Å². The quantitative estimate of drug-likeness (QED) is 0.722. The van der Waals surface area contributed by atoms with E-state index in [2.05, 4.69) is 0 Å². The van der Waals surface area contributed by atoms with E-state index in [0.717, 1.165) is 11.0 Å². The molecule has 4 rings (SSSR count). The van der Waals surface area contributed by atoms with Crippen molar-refractivity contribution in [2.24, 2.45) is 11.8 Å². The molecular formula is C20H16F3N3O3. The van der Waals surface area contributed by atoms with Gasteiger partial charge in [-0.05, 0) is 44.4 Å².